The summed E-state index contributed by atoms with van der Waals surface area (Å²) in [6.45, 7) is 3.19. The minimum Gasteiger partial charge on any atom is -0.507 e. The van der Waals surface area contributed by atoms with Crippen molar-refractivity contribution in [1.29, 1.82) is 0 Å². The van der Waals surface area contributed by atoms with Crippen LogP contribution >= 0.6 is 0 Å². The van der Waals surface area contributed by atoms with Gasteiger partial charge in [0, 0.05) is 18.7 Å². The molecule has 0 saturated carbocycles. The van der Waals surface area contributed by atoms with Crippen molar-refractivity contribution in [2.24, 2.45) is 0 Å². The molecule has 30 heavy (non-hydrogen) atoms. The van der Waals surface area contributed by atoms with Gasteiger partial charge in [-0.3, -0.25) is 9.59 Å². The van der Waals surface area contributed by atoms with Crippen LogP contribution in [-0.4, -0.2) is 60.4 Å². The van der Waals surface area contributed by atoms with Crippen molar-refractivity contribution in [3.05, 3.63) is 71.0 Å². The number of nitrogens with zero attached hydrogens (tertiary/aromatic N) is 2. The molecule has 1 aliphatic rings. The first-order valence-electron chi connectivity index (χ1n) is 9.75. The summed E-state index contributed by atoms with van der Waals surface area (Å²) < 4.78 is 18.9. The maximum Gasteiger partial charge on any atom is 0.295 e. The Bertz CT molecular complexity index is 969. The van der Waals surface area contributed by atoms with Gasteiger partial charge in [-0.15, -0.1) is 0 Å². The lowest BCUT2D eigenvalue weighted by Crippen LogP contribution is -2.35. The van der Waals surface area contributed by atoms with Gasteiger partial charge in [0.1, 0.15) is 17.3 Å². The fourth-order valence-electron chi connectivity index (χ4n) is 3.47. The molecule has 1 saturated heterocycles. The standard InChI is InChI=1S/C23H25FN2O4/c1-4-30-18-7-5-6-16(14-18)20-19(21(27)15-8-10-17(24)11-9-15)22(28)23(29)26(20)13-12-25(2)3/h5-11,14,20,27H,4,12-13H2,1-3H3. The number of ketones is 1. The van der Waals surface area contributed by atoms with Crippen LogP contribution in [0.3, 0.4) is 0 Å². The monoisotopic (exact) mass is 412 g/mol. The molecule has 1 heterocycles. The maximum atomic E-state index is 13.3. The normalized spacial score (nSPS) is 18.3. The van der Waals surface area contributed by atoms with Crippen molar-refractivity contribution in [2.45, 2.75) is 13.0 Å². The molecule has 0 aliphatic carbocycles. The highest BCUT2D eigenvalue weighted by Crippen LogP contribution is 2.40. The molecule has 0 radical (unpaired) electrons. The van der Waals surface area contributed by atoms with Crippen molar-refractivity contribution in [3.8, 4) is 5.75 Å². The van der Waals surface area contributed by atoms with E-state index in [1.165, 1.54) is 29.2 Å². The molecule has 2 aromatic rings. The van der Waals surface area contributed by atoms with E-state index in [1.807, 2.05) is 25.9 Å². The summed E-state index contributed by atoms with van der Waals surface area (Å²) in [5.74, 6) is -1.61. The molecule has 0 spiro atoms. The minimum absolute atomic E-state index is 0.0148. The number of rotatable bonds is 7. The quantitative estimate of drug-likeness (QED) is 0.430. The van der Waals surface area contributed by atoms with Gasteiger partial charge in [0.15, 0.2) is 0 Å². The number of likely N-dealkylation sites (N-methyl/N-ethyl adjacent to an activating group) is 1. The van der Waals surface area contributed by atoms with Crippen LogP contribution in [0.4, 0.5) is 4.39 Å². The fraction of sp³-hybridized carbons (Fsp3) is 0.304. The molecular weight excluding hydrogens is 387 g/mol. The van der Waals surface area contributed by atoms with Crippen LogP contribution in [0.25, 0.3) is 5.76 Å². The zero-order chi connectivity index (χ0) is 21.8. The van der Waals surface area contributed by atoms with E-state index in [-0.39, 0.29) is 16.9 Å². The molecular formula is C23H25FN2O4. The first-order valence-corrected chi connectivity index (χ1v) is 9.75. The van der Waals surface area contributed by atoms with E-state index >= 15 is 0 Å². The number of Topliss-reactive ketones (excluding diaryl/α,β-unsaturated/α-hetero) is 1. The number of aliphatic hydroxyl groups is 1. The highest BCUT2D eigenvalue weighted by molar-refractivity contribution is 6.46. The number of benzene rings is 2. The Morgan fingerprint density at radius 1 is 1.17 bits per heavy atom. The molecule has 1 amide bonds. The van der Waals surface area contributed by atoms with Gasteiger partial charge in [-0.2, -0.15) is 0 Å². The smallest absolute Gasteiger partial charge is 0.295 e. The first kappa shape index (κ1) is 21.5. The Balaban J connectivity index is 2.14. The largest absolute Gasteiger partial charge is 0.507 e. The van der Waals surface area contributed by atoms with Gasteiger partial charge in [-0.25, -0.2) is 4.39 Å². The predicted molar refractivity (Wildman–Crippen MR) is 112 cm³/mol. The van der Waals surface area contributed by atoms with Crippen molar-refractivity contribution in [3.63, 3.8) is 0 Å². The number of aliphatic hydroxyl groups excluding tert-OH is 1. The number of ether oxygens (including phenoxy) is 1. The van der Waals surface area contributed by atoms with Gasteiger partial charge in [0.2, 0.25) is 0 Å². The third-order valence-electron chi connectivity index (χ3n) is 4.93. The van der Waals surface area contributed by atoms with Gasteiger partial charge in [-0.05, 0) is 63.0 Å². The lowest BCUT2D eigenvalue weighted by Gasteiger charge is -2.26. The van der Waals surface area contributed by atoms with Crippen LogP contribution in [0.1, 0.15) is 24.1 Å². The third-order valence-corrected chi connectivity index (χ3v) is 4.93. The fourth-order valence-corrected chi connectivity index (χ4v) is 3.47. The molecule has 7 heteroatoms. The summed E-state index contributed by atoms with van der Waals surface area (Å²) in [6.07, 6.45) is 0. The summed E-state index contributed by atoms with van der Waals surface area (Å²) in [4.78, 5) is 29.1. The number of amides is 1. The van der Waals surface area contributed by atoms with Crippen molar-refractivity contribution >= 4 is 17.4 Å². The second kappa shape index (κ2) is 9.09. The van der Waals surface area contributed by atoms with Gasteiger partial charge in [0.25, 0.3) is 11.7 Å². The highest BCUT2D eigenvalue weighted by Gasteiger charge is 2.46. The molecule has 1 aliphatic heterocycles. The zero-order valence-electron chi connectivity index (χ0n) is 17.3. The van der Waals surface area contributed by atoms with E-state index in [0.717, 1.165) is 0 Å². The van der Waals surface area contributed by atoms with Crippen molar-refractivity contribution < 1.29 is 23.8 Å². The van der Waals surface area contributed by atoms with E-state index in [4.69, 9.17) is 4.74 Å². The van der Waals surface area contributed by atoms with E-state index in [0.29, 0.717) is 31.0 Å². The van der Waals surface area contributed by atoms with Gasteiger partial charge in [-0.1, -0.05) is 12.1 Å². The molecule has 158 valence electrons. The van der Waals surface area contributed by atoms with Crippen LogP contribution in [-0.2, 0) is 9.59 Å². The van der Waals surface area contributed by atoms with Crippen LogP contribution in [0.2, 0.25) is 0 Å². The highest BCUT2D eigenvalue weighted by atomic mass is 19.1. The Morgan fingerprint density at radius 3 is 2.50 bits per heavy atom. The number of carbonyl (C=O) groups excluding carboxylic acids is 2. The number of hydrogen-bond donors (Lipinski definition) is 1. The second-order valence-electron chi connectivity index (χ2n) is 7.31. The Morgan fingerprint density at radius 2 is 1.87 bits per heavy atom. The van der Waals surface area contributed by atoms with E-state index in [9.17, 15) is 19.1 Å². The Hall–Kier alpha value is -3.19. The van der Waals surface area contributed by atoms with Crippen LogP contribution in [0.5, 0.6) is 5.75 Å². The first-order chi connectivity index (χ1) is 14.3. The average Bonchev–Trinajstić information content (AvgIpc) is 2.97. The van der Waals surface area contributed by atoms with Crippen molar-refractivity contribution in [1.82, 2.24) is 9.80 Å². The molecule has 2 aromatic carbocycles. The lowest BCUT2D eigenvalue weighted by atomic mass is 9.95. The molecule has 1 N–H and O–H groups in total. The number of likely N-dealkylation sites (tertiary alicyclic amines) is 1. The molecule has 6 nitrogen and oxygen atoms in total. The maximum absolute atomic E-state index is 13.3. The number of halogens is 1. The zero-order valence-corrected chi connectivity index (χ0v) is 17.3. The topological polar surface area (TPSA) is 70.1 Å². The summed E-state index contributed by atoms with van der Waals surface area (Å²) in [5.41, 5.74) is 0.912. The number of hydrogen-bond acceptors (Lipinski definition) is 5. The summed E-state index contributed by atoms with van der Waals surface area (Å²) in [5, 5.41) is 10.9. The molecule has 0 aromatic heterocycles. The summed E-state index contributed by atoms with van der Waals surface area (Å²) in [6, 6.07) is 11.5. The third kappa shape index (κ3) is 4.36. The second-order valence-corrected chi connectivity index (χ2v) is 7.31. The Labute approximate surface area is 175 Å². The molecule has 3 rings (SSSR count). The van der Waals surface area contributed by atoms with Gasteiger partial charge >= 0.3 is 0 Å². The van der Waals surface area contributed by atoms with Crippen molar-refractivity contribution in [2.75, 3.05) is 33.8 Å². The van der Waals surface area contributed by atoms with Crippen LogP contribution in [0, 0.1) is 5.82 Å². The molecule has 1 atom stereocenters. The van der Waals surface area contributed by atoms with Crippen LogP contribution in [0.15, 0.2) is 54.1 Å². The van der Waals surface area contributed by atoms with E-state index in [1.54, 1.807) is 24.3 Å². The predicted octanol–water partition coefficient (Wildman–Crippen LogP) is 3.21. The lowest BCUT2D eigenvalue weighted by molar-refractivity contribution is -0.140. The molecule has 1 fully saturated rings. The summed E-state index contributed by atoms with van der Waals surface area (Å²) in [7, 11) is 3.75. The SMILES string of the molecule is CCOc1cccc(C2C(=C(O)c3ccc(F)cc3)C(=O)C(=O)N2CCN(C)C)c1. The van der Waals surface area contributed by atoms with Crippen LogP contribution < -0.4 is 4.74 Å². The van der Waals surface area contributed by atoms with E-state index in [2.05, 4.69) is 0 Å². The average molecular weight is 412 g/mol. The minimum atomic E-state index is -0.768. The Kier molecular flexibility index (Phi) is 6.52. The van der Waals surface area contributed by atoms with Gasteiger partial charge < -0.3 is 19.6 Å². The number of carbonyl (C=O) groups is 2. The molecule has 1 unspecified atom stereocenters. The van der Waals surface area contributed by atoms with E-state index < -0.39 is 23.5 Å². The molecule has 0 bridgehead atoms. The van der Waals surface area contributed by atoms with Gasteiger partial charge in [0.05, 0.1) is 18.2 Å². The summed E-state index contributed by atoms with van der Waals surface area (Å²) >= 11 is 0.